The zero-order valence-corrected chi connectivity index (χ0v) is 16.6. The highest BCUT2D eigenvalue weighted by atomic mass is 32.2. The SMILES string of the molecule is CCN1C(=O)C(C)(C)c2cc3[nH]c(C(=O)C=C(SC)SC)nc3cc21. The van der Waals surface area contributed by atoms with Crippen molar-refractivity contribution in [2.45, 2.75) is 26.2 Å². The van der Waals surface area contributed by atoms with Crippen molar-refractivity contribution in [1.29, 1.82) is 0 Å². The second-order valence-corrected chi connectivity index (χ2v) is 8.34. The van der Waals surface area contributed by atoms with Crippen LogP contribution in [0, 0.1) is 0 Å². The van der Waals surface area contributed by atoms with E-state index in [9.17, 15) is 9.59 Å². The van der Waals surface area contributed by atoms with Gasteiger partial charge in [0.2, 0.25) is 11.7 Å². The lowest BCUT2D eigenvalue weighted by molar-refractivity contribution is -0.122. The lowest BCUT2D eigenvalue weighted by Gasteiger charge is -2.18. The van der Waals surface area contributed by atoms with Crippen LogP contribution in [0.5, 0.6) is 0 Å². The topological polar surface area (TPSA) is 66.1 Å². The molecule has 0 radical (unpaired) electrons. The Kier molecular flexibility index (Phi) is 4.72. The molecule has 1 amide bonds. The smallest absolute Gasteiger partial charge is 0.237 e. The van der Waals surface area contributed by atoms with Crippen LogP contribution in [0.4, 0.5) is 5.69 Å². The molecule has 2 aromatic rings. The number of fused-ring (bicyclic) bond motifs is 2. The van der Waals surface area contributed by atoms with Gasteiger partial charge < -0.3 is 9.88 Å². The fourth-order valence-corrected chi connectivity index (χ4v) is 4.26. The van der Waals surface area contributed by atoms with Gasteiger partial charge in [-0.25, -0.2) is 4.98 Å². The van der Waals surface area contributed by atoms with Gasteiger partial charge in [0.1, 0.15) is 0 Å². The molecule has 1 aliphatic rings. The summed E-state index contributed by atoms with van der Waals surface area (Å²) in [5.41, 5.74) is 2.77. The maximum absolute atomic E-state index is 12.6. The molecular formula is C18H21N3O2S2. The first kappa shape index (κ1) is 18.1. The van der Waals surface area contributed by atoms with Crippen LogP contribution in [-0.4, -0.2) is 40.7 Å². The highest BCUT2D eigenvalue weighted by Gasteiger charge is 2.43. The number of aromatic amines is 1. The molecule has 3 rings (SSSR count). The van der Waals surface area contributed by atoms with E-state index in [1.54, 1.807) is 11.0 Å². The molecule has 7 heteroatoms. The van der Waals surface area contributed by atoms with E-state index < -0.39 is 5.41 Å². The van der Waals surface area contributed by atoms with E-state index in [1.165, 1.54) is 23.5 Å². The second kappa shape index (κ2) is 6.53. The van der Waals surface area contributed by atoms with Crippen LogP contribution in [0.15, 0.2) is 22.4 Å². The first-order valence-corrected chi connectivity index (χ1v) is 10.5. The zero-order valence-electron chi connectivity index (χ0n) is 15.0. The molecule has 5 nitrogen and oxygen atoms in total. The number of rotatable bonds is 5. The summed E-state index contributed by atoms with van der Waals surface area (Å²) >= 11 is 3.08. The first-order valence-electron chi connectivity index (χ1n) is 8.03. The van der Waals surface area contributed by atoms with Gasteiger partial charge in [-0.2, -0.15) is 0 Å². The van der Waals surface area contributed by atoms with Crippen molar-refractivity contribution < 1.29 is 9.59 Å². The summed E-state index contributed by atoms with van der Waals surface area (Å²) in [6, 6.07) is 3.86. The minimum absolute atomic E-state index is 0.0986. The zero-order chi connectivity index (χ0) is 18.4. The number of nitrogens with zero attached hydrogens (tertiary/aromatic N) is 2. The lowest BCUT2D eigenvalue weighted by atomic mass is 9.86. The molecule has 0 spiro atoms. The van der Waals surface area contributed by atoms with E-state index >= 15 is 0 Å². The molecule has 0 fully saturated rings. The predicted molar refractivity (Wildman–Crippen MR) is 107 cm³/mol. The Bertz CT molecular complexity index is 893. The number of thioether (sulfide) groups is 2. The molecule has 1 aliphatic heterocycles. The summed E-state index contributed by atoms with van der Waals surface area (Å²) in [6.07, 6.45) is 5.49. The van der Waals surface area contributed by atoms with Gasteiger partial charge in [-0.1, -0.05) is 0 Å². The van der Waals surface area contributed by atoms with Crippen LogP contribution in [-0.2, 0) is 10.2 Å². The molecule has 1 aromatic heterocycles. The van der Waals surface area contributed by atoms with E-state index in [-0.39, 0.29) is 11.7 Å². The number of carbonyl (C=O) groups excluding carboxylic acids is 2. The van der Waals surface area contributed by atoms with E-state index in [1.807, 2.05) is 45.4 Å². The van der Waals surface area contributed by atoms with Gasteiger partial charge in [-0.3, -0.25) is 9.59 Å². The van der Waals surface area contributed by atoms with Gasteiger partial charge in [0.05, 0.1) is 22.1 Å². The number of ketones is 1. The molecule has 2 heterocycles. The Balaban J connectivity index is 2.09. The van der Waals surface area contributed by atoms with Gasteiger partial charge in [-0.05, 0) is 51.0 Å². The monoisotopic (exact) mass is 375 g/mol. The number of imidazole rings is 1. The number of amides is 1. The Morgan fingerprint density at radius 3 is 2.60 bits per heavy atom. The third kappa shape index (κ3) is 2.89. The third-order valence-electron chi connectivity index (χ3n) is 4.54. The first-order chi connectivity index (χ1) is 11.8. The molecule has 0 aliphatic carbocycles. The number of allylic oxidation sites excluding steroid dienone is 1. The van der Waals surface area contributed by atoms with Gasteiger partial charge >= 0.3 is 0 Å². The minimum atomic E-state index is -0.570. The van der Waals surface area contributed by atoms with Crippen molar-refractivity contribution in [3.05, 3.63) is 33.8 Å². The Hall–Kier alpha value is -1.73. The predicted octanol–water partition coefficient (Wildman–Crippen LogP) is 3.96. The number of hydrogen-bond acceptors (Lipinski definition) is 5. The molecule has 0 atom stereocenters. The number of hydrogen-bond donors (Lipinski definition) is 1. The largest absolute Gasteiger partial charge is 0.335 e. The lowest BCUT2D eigenvalue weighted by Crippen LogP contribution is -2.35. The number of H-pyrrole nitrogens is 1. The Morgan fingerprint density at radius 2 is 2.00 bits per heavy atom. The summed E-state index contributed by atoms with van der Waals surface area (Å²) in [6.45, 7) is 6.45. The maximum Gasteiger partial charge on any atom is 0.237 e. The van der Waals surface area contributed by atoms with E-state index in [0.29, 0.717) is 17.9 Å². The fourth-order valence-electron chi connectivity index (χ4n) is 3.14. The van der Waals surface area contributed by atoms with Gasteiger partial charge in [-0.15, -0.1) is 23.5 Å². The number of carbonyl (C=O) groups is 2. The van der Waals surface area contributed by atoms with Crippen LogP contribution >= 0.6 is 23.5 Å². The van der Waals surface area contributed by atoms with Crippen LogP contribution in [0.25, 0.3) is 11.0 Å². The quantitative estimate of drug-likeness (QED) is 0.633. The van der Waals surface area contributed by atoms with Crippen LogP contribution in [0.3, 0.4) is 0 Å². The van der Waals surface area contributed by atoms with Crippen molar-refractivity contribution in [3.63, 3.8) is 0 Å². The summed E-state index contributed by atoms with van der Waals surface area (Å²) < 4.78 is 0.942. The van der Waals surface area contributed by atoms with Crippen molar-refractivity contribution in [3.8, 4) is 0 Å². The highest BCUT2D eigenvalue weighted by Crippen LogP contribution is 2.43. The van der Waals surface area contributed by atoms with Gasteiger partial charge in [0.25, 0.3) is 0 Å². The number of likely N-dealkylation sites (N-methyl/N-ethyl adjacent to an activating group) is 1. The van der Waals surface area contributed by atoms with Crippen LogP contribution in [0.2, 0.25) is 0 Å². The minimum Gasteiger partial charge on any atom is -0.335 e. The summed E-state index contributed by atoms with van der Waals surface area (Å²) in [7, 11) is 0. The average molecular weight is 376 g/mol. The number of aromatic nitrogens is 2. The number of anilines is 1. The maximum atomic E-state index is 12.6. The third-order valence-corrected chi connectivity index (χ3v) is 6.58. The standard InChI is InChI=1S/C18H21N3O2S2/c1-6-21-13-8-12-11(7-10(13)18(2,3)17(21)23)19-16(20-12)14(22)9-15(24-4)25-5/h7-9H,6H2,1-5H3,(H,19,20). The average Bonchev–Trinajstić information content (AvgIpc) is 3.09. The van der Waals surface area contributed by atoms with E-state index in [4.69, 9.17) is 0 Å². The summed E-state index contributed by atoms with van der Waals surface area (Å²) in [5.74, 6) is 0.283. The molecule has 1 N–H and O–H groups in total. The van der Waals surface area contributed by atoms with E-state index in [2.05, 4.69) is 9.97 Å². The Morgan fingerprint density at radius 1 is 1.32 bits per heavy atom. The molecule has 0 saturated heterocycles. The normalized spacial score (nSPS) is 15.6. The van der Waals surface area contributed by atoms with Crippen LogP contribution < -0.4 is 4.90 Å². The Labute approximate surface area is 155 Å². The molecule has 132 valence electrons. The fraction of sp³-hybridized carbons (Fsp3) is 0.389. The number of nitrogens with one attached hydrogen (secondary N) is 1. The molecule has 0 bridgehead atoms. The molecular weight excluding hydrogens is 354 g/mol. The van der Waals surface area contributed by atoms with E-state index in [0.717, 1.165) is 21.0 Å². The summed E-state index contributed by atoms with van der Waals surface area (Å²) in [4.78, 5) is 34.4. The van der Waals surface area contributed by atoms with Crippen molar-refractivity contribution in [2.75, 3.05) is 24.0 Å². The second-order valence-electron chi connectivity index (χ2n) is 6.38. The highest BCUT2D eigenvalue weighted by molar-refractivity contribution is 8.21. The molecule has 0 unspecified atom stereocenters. The van der Waals surface area contributed by atoms with Gasteiger partial charge in [0.15, 0.2) is 5.82 Å². The summed E-state index contributed by atoms with van der Waals surface area (Å²) in [5, 5.41) is 0. The van der Waals surface area contributed by atoms with Crippen molar-refractivity contribution in [1.82, 2.24) is 9.97 Å². The van der Waals surface area contributed by atoms with Crippen molar-refractivity contribution >= 4 is 51.9 Å². The van der Waals surface area contributed by atoms with Gasteiger partial charge in [0, 0.05) is 16.9 Å². The molecule has 1 aromatic carbocycles. The van der Waals surface area contributed by atoms with Crippen molar-refractivity contribution in [2.24, 2.45) is 0 Å². The molecule has 0 saturated carbocycles. The molecule has 25 heavy (non-hydrogen) atoms. The van der Waals surface area contributed by atoms with Crippen LogP contribution in [0.1, 0.15) is 37.0 Å². The number of benzene rings is 1.